The van der Waals surface area contributed by atoms with Gasteiger partial charge in [0.2, 0.25) is 0 Å². The predicted octanol–water partition coefficient (Wildman–Crippen LogP) is 1.69. The average molecular weight is 289 g/mol. The summed E-state index contributed by atoms with van der Waals surface area (Å²) >= 11 is 0. The van der Waals surface area contributed by atoms with Gasteiger partial charge in [-0.05, 0) is 50.0 Å². The Morgan fingerprint density at radius 3 is 2.76 bits per heavy atom. The van der Waals surface area contributed by atoms with Gasteiger partial charge in [0.15, 0.2) is 0 Å². The maximum absolute atomic E-state index is 6.00. The molecular formula is C17H27N3O. The maximum atomic E-state index is 6.00. The van der Waals surface area contributed by atoms with Gasteiger partial charge in [0.25, 0.3) is 0 Å². The summed E-state index contributed by atoms with van der Waals surface area (Å²) in [6.45, 7) is 5.77. The van der Waals surface area contributed by atoms with Gasteiger partial charge >= 0.3 is 0 Å². The van der Waals surface area contributed by atoms with E-state index in [1.807, 2.05) is 6.07 Å². The van der Waals surface area contributed by atoms with Crippen molar-refractivity contribution in [2.75, 3.05) is 33.3 Å². The summed E-state index contributed by atoms with van der Waals surface area (Å²) in [4.78, 5) is 5.21. The second-order valence-electron chi connectivity index (χ2n) is 6.40. The Morgan fingerprint density at radius 1 is 1.19 bits per heavy atom. The molecule has 2 aliphatic heterocycles. The largest absolute Gasteiger partial charge is 0.497 e. The minimum absolute atomic E-state index is 0.426. The highest BCUT2D eigenvalue weighted by molar-refractivity contribution is 5.28. The van der Waals surface area contributed by atoms with Gasteiger partial charge in [-0.15, -0.1) is 0 Å². The first-order valence-corrected chi connectivity index (χ1v) is 8.09. The molecule has 2 heterocycles. The molecule has 4 nitrogen and oxygen atoms in total. The summed E-state index contributed by atoms with van der Waals surface area (Å²) in [7, 11) is 1.73. The lowest BCUT2D eigenvalue weighted by molar-refractivity contribution is 0.151. The van der Waals surface area contributed by atoms with E-state index in [1.54, 1.807) is 7.11 Å². The number of hydrogen-bond donors (Lipinski definition) is 1. The van der Waals surface area contributed by atoms with E-state index >= 15 is 0 Å². The van der Waals surface area contributed by atoms with E-state index in [9.17, 15) is 0 Å². The average Bonchev–Trinajstić information content (AvgIpc) is 2.96. The van der Waals surface area contributed by atoms with Crippen LogP contribution in [0.4, 0.5) is 0 Å². The number of nitrogens with zero attached hydrogens (tertiary/aromatic N) is 2. The van der Waals surface area contributed by atoms with Crippen LogP contribution < -0.4 is 10.5 Å². The fourth-order valence-electron chi connectivity index (χ4n) is 3.57. The Hall–Kier alpha value is -1.10. The van der Waals surface area contributed by atoms with Gasteiger partial charge in [-0.3, -0.25) is 9.80 Å². The summed E-state index contributed by atoms with van der Waals surface area (Å²) in [5.41, 5.74) is 7.35. The first kappa shape index (κ1) is 14.8. The Bertz CT molecular complexity index is 457. The van der Waals surface area contributed by atoms with Crippen molar-refractivity contribution >= 4 is 0 Å². The molecule has 0 saturated carbocycles. The number of methoxy groups -OCH3 is 1. The molecule has 1 aromatic carbocycles. The molecule has 116 valence electrons. The van der Waals surface area contributed by atoms with Crippen LogP contribution in [0.3, 0.4) is 0 Å². The summed E-state index contributed by atoms with van der Waals surface area (Å²) in [5.74, 6) is 0.952. The molecule has 0 aliphatic carbocycles. The number of nitrogens with two attached hydrogens (primary N) is 1. The highest BCUT2D eigenvalue weighted by Gasteiger charge is 2.29. The van der Waals surface area contributed by atoms with Gasteiger partial charge in [-0.25, -0.2) is 0 Å². The first-order valence-electron chi connectivity index (χ1n) is 8.09. The van der Waals surface area contributed by atoms with Crippen LogP contribution in [0.5, 0.6) is 5.75 Å². The van der Waals surface area contributed by atoms with Gasteiger partial charge in [-0.2, -0.15) is 0 Å². The fraction of sp³-hybridized carbons (Fsp3) is 0.647. The van der Waals surface area contributed by atoms with Crippen LogP contribution in [0, 0.1) is 0 Å². The summed E-state index contributed by atoms with van der Waals surface area (Å²) < 4.78 is 5.31. The number of rotatable bonds is 4. The van der Waals surface area contributed by atoms with Gasteiger partial charge in [0.1, 0.15) is 5.75 Å². The van der Waals surface area contributed by atoms with E-state index in [-0.39, 0.29) is 0 Å². The quantitative estimate of drug-likeness (QED) is 0.916. The fourth-order valence-corrected chi connectivity index (χ4v) is 3.57. The van der Waals surface area contributed by atoms with Crippen molar-refractivity contribution in [3.63, 3.8) is 0 Å². The standard InChI is InChI=1S/C17H27N3O/c1-21-17-4-2-3-14(11-17)12-19-8-7-16(13-19)20-9-5-15(18)6-10-20/h2-4,11,15-16H,5-10,12-13,18H2,1H3. The molecule has 0 bridgehead atoms. The highest BCUT2D eigenvalue weighted by Crippen LogP contribution is 2.22. The van der Waals surface area contributed by atoms with E-state index < -0.39 is 0 Å². The number of ether oxygens (including phenoxy) is 1. The van der Waals surface area contributed by atoms with Crippen LogP contribution >= 0.6 is 0 Å². The zero-order valence-corrected chi connectivity index (χ0v) is 13.0. The molecule has 0 radical (unpaired) electrons. The van der Waals surface area contributed by atoms with E-state index in [0.717, 1.165) is 31.2 Å². The van der Waals surface area contributed by atoms with Gasteiger partial charge < -0.3 is 10.5 Å². The van der Waals surface area contributed by atoms with Gasteiger partial charge in [-0.1, -0.05) is 12.1 Å². The molecule has 2 fully saturated rings. The van der Waals surface area contributed by atoms with Crippen molar-refractivity contribution in [3.05, 3.63) is 29.8 Å². The van der Waals surface area contributed by atoms with Crippen molar-refractivity contribution in [1.82, 2.24) is 9.80 Å². The molecule has 3 rings (SSSR count). The molecule has 0 spiro atoms. The predicted molar refractivity (Wildman–Crippen MR) is 85.5 cm³/mol. The minimum atomic E-state index is 0.426. The molecule has 0 aromatic heterocycles. The zero-order chi connectivity index (χ0) is 14.7. The lowest BCUT2D eigenvalue weighted by atomic mass is 10.0. The van der Waals surface area contributed by atoms with Crippen LogP contribution in [0.15, 0.2) is 24.3 Å². The van der Waals surface area contributed by atoms with E-state index in [4.69, 9.17) is 10.5 Å². The summed E-state index contributed by atoms with van der Waals surface area (Å²) in [5, 5.41) is 0. The third-order valence-corrected chi connectivity index (χ3v) is 4.88. The third kappa shape index (κ3) is 3.76. The lowest BCUT2D eigenvalue weighted by Crippen LogP contribution is -2.46. The minimum Gasteiger partial charge on any atom is -0.497 e. The van der Waals surface area contributed by atoms with E-state index in [0.29, 0.717) is 6.04 Å². The van der Waals surface area contributed by atoms with Gasteiger partial charge in [0, 0.05) is 31.7 Å². The summed E-state index contributed by atoms with van der Waals surface area (Å²) in [6, 6.07) is 9.57. The number of hydrogen-bond acceptors (Lipinski definition) is 4. The number of benzene rings is 1. The first-order chi connectivity index (χ1) is 10.2. The van der Waals surface area contributed by atoms with E-state index in [1.165, 1.54) is 38.2 Å². The molecule has 21 heavy (non-hydrogen) atoms. The van der Waals surface area contributed by atoms with Crippen molar-refractivity contribution in [2.45, 2.75) is 37.9 Å². The molecular weight excluding hydrogens is 262 g/mol. The molecule has 2 aliphatic rings. The molecule has 2 N–H and O–H groups in total. The van der Waals surface area contributed by atoms with Gasteiger partial charge in [0.05, 0.1) is 7.11 Å². The SMILES string of the molecule is COc1cccc(CN2CCC(N3CCC(N)CC3)C2)c1. The molecule has 1 unspecified atom stereocenters. The van der Waals surface area contributed by atoms with Crippen LogP contribution in [0.2, 0.25) is 0 Å². The Kier molecular flexibility index (Phi) is 4.78. The second kappa shape index (κ2) is 6.77. The topological polar surface area (TPSA) is 41.7 Å². The third-order valence-electron chi connectivity index (χ3n) is 4.88. The monoisotopic (exact) mass is 289 g/mol. The highest BCUT2D eigenvalue weighted by atomic mass is 16.5. The smallest absolute Gasteiger partial charge is 0.119 e. The van der Waals surface area contributed by atoms with Crippen molar-refractivity contribution in [1.29, 1.82) is 0 Å². The zero-order valence-electron chi connectivity index (χ0n) is 13.0. The molecule has 2 saturated heterocycles. The summed E-state index contributed by atoms with van der Waals surface area (Å²) in [6.07, 6.45) is 3.61. The van der Waals surface area contributed by atoms with E-state index in [2.05, 4.69) is 28.0 Å². The Balaban J connectivity index is 1.52. The normalized spacial score (nSPS) is 25.3. The number of piperidine rings is 1. The molecule has 0 amide bonds. The van der Waals surface area contributed by atoms with Crippen LogP contribution in [-0.4, -0.2) is 55.2 Å². The Labute approximate surface area is 127 Å². The van der Waals surface area contributed by atoms with Crippen molar-refractivity contribution in [2.24, 2.45) is 5.73 Å². The molecule has 1 aromatic rings. The number of likely N-dealkylation sites (tertiary alicyclic amines) is 2. The lowest BCUT2D eigenvalue weighted by Gasteiger charge is -2.34. The Morgan fingerprint density at radius 2 is 2.00 bits per heavy atom. The molecule has 1 atom stereocenters. The second-order valence-corrected chi connectivity index (χ2v) is 6.40. The molecule has 4 heteroatoms. The van der Waals surface area contributed by atoms with Crippen LogP contribution in [0.1, 0.15) is 24.8 Å². The van der Waals surface area contributed by atoms with Crippen molar-refractivity contribution in [3.8, 4) is 5.75 Å². The van der Waals surface area contributed by atoms with Crippen LogP contribution in [-0.2, 0) is 6.54 Å². The van der Waals surface area contributed by atoms with Crippen LogP contribution in [0.25, 0.3) is 0 Å². The van der Waals surface area contributed by atoms with Crippen molar-refractivity contribution < 1.29 is 4.74 Å². The maximum Gasteiger partial charge on any atom is 0.119 e.